The molecule has 0 aliphatic carbocycles. The molecule has 3 heteroatoms. The fraction of sp³-hybridized carbons (Fsp3) is 0.500. The lowest BCUT2D eigenvalue weighted by molar-refractivity contribution is 0.908. The van der Waals surface area contributed by atoms with Crippen molar-refractivity contribution in [2.75, 3.05) is 6.54 Å². The molecule has 1 aliphatic rings. The first-order valence-electron chi connectivity index (χ1n) is 2.15. The van der Waals surface area contributed by atoms with Crippen LogP contribution >= 0.6 is 25.3 Å². The molecule has 0 radical (unpaired) electrons. The Kier molecular flexibility index (Phi) is 1.54. The maximum atomic E-state index is 4.13. The SMILES string of the molecule is SC1=C(S)NCC1. The Morgan fingerprint density at radius 3 is 2.29 bits per heavy atom. The summed E-state index contributed by atoms with van der Waals surface area (Å²) < 4.78 is 0. The van der Waals surface area contributed by atoms with E-state index in [1.165, 1.54) is 0 Å². The van der Waals surface area contributed by atoms with E-state index in [0.717, 1.165) is 22.9 Å². The monoisotopic (exact) mass is 133 g/mol. The summed E-state index contributed by atoms with van der Waals surface area (Å²) in [5, 5.41) is 3.97. The molecule has 0 atom stereocenters. The third-order valence-electron chi connectivity index (χ3n) is 0.928. The predicted octanol–water partition coefficient (Wildman–Crippen LogP) is 1.01. The maximum Gasteiger partial charge on any atom is 0.0745 e. The van der Waals surface area contributed by atoms with Crippen LogP contribution in [0, 0.1) is 0 Å². The molecule has 0 unspecified atom stereocenters. The lowest BCUT2D eigenvalue weighted by Gasteiger charge is -1.89. The van der Waals surface area contributed by atoms with Gasteiger partial charge in [-0.25, -0.2) is 0 Å². The highest BCUT2D eigenvalue weighted by atomic mass is 32.1. The molecular formula is C4H7NS2. The molecule has 0 saturated heterocycles. The zero-order valence-electron chi connectivity index (χ0n) is 3.81. The average molecular weight is 133 g/mol. The van der Waals surface area contributed by atoms with Crippen molar-refractivity contribution in [3.63, 3.8) is 0 Å². The number of hydrogen-bond donors (Lipinski definition) is 3. The minimum atomic E-state index is 0.934. The molecule has 0 bridgehead atoms. The summed E-state index contributed by atoms with van der Waals surface area (Å²) in [6, 6.07) is 0. The van der Waals surface area contributed by atoms with Crippen molar-refractivity contribution >= 4 is 25.3 Å². The summed E-state index contributed by atoms with van der Waals surface area (Å²) in [5.41, 5.74) is 0. The lowest BCUT2D eigenvalue weighted by atomic mass is 10.5. The van der Waals surface area contributed by atoms with E-state index >= 15 is 0 Å². The molecule has 1 heterocycles. The van der Waals surface area contributed by atoms with Gasteiger partial charge in [0.15, 0.2) is 0 Å². The predicted molar refractivity (Wildman–Crippen MR) is 37.6 cm³/mol. The molecule has 0 spiro atoms. The Hall–Kier alpha value is 0.240. The van der Waals surface area contributed by atoms with E-state index in [1.807, 2.05) is 0 Å². The zero-order valence-corrected chi connectivity index (χ0v) is 5.60. The first-order valence-corrected chi connectivity index (χ1v) is 3.05. The van der Waals surface area contributed by atoms with Gasteiger partial charge in [-0.05, 0) is 6.42 Å². The second kappa shape index (κ2) is 2.01. The van der Waals surface area contributed by atoms with E-state index < -0.39 is 0 Å². The molecule has 0 amide bonds. The summed E-state index contributed by atoms with van der Waals surface area (Å²) >= 11 is 8.21. The molecule has 7 heavy (non-hydrogen) atoms. The minimum Gasteiger partial charge on any atom is -0.379 e. The summed E-state index contributed by atoms with van der Waals surface area (Å²) in [5.74, 6) is 0. The Labute approximate surface area is 54.0 Å². The lowest BCUT2D eigenvalue weighted by Crippen LogP contribution is -2.01. The summed E-state index contributed by atoms with van der Waals surface area (Å²) in [7, 11) is 0. The van der Waals surface area contributed by atoms with Crippen molar-refractivity contribution in [2.45, 2.75) is 6.42 Å². The van der Waals surface area contributed by atoms with Crippen molar-refractivity contribution in [3.05, 3.63) is 9.93 Å². The van der Waals surface area contributed by atoms with Gasteiger partial charge in [0.25, 0.3) is 0 Å². The van der Waals surface area contributed by atoms with E-state index in [9.17, 15) is 0 Å². The fourth-order valence-electron chi connectivity index (χ4n) is 0.520. The van der Waals surface area contributed by atoms with Crippen LogP contribution in [-0.2, 0) is 0 Å². The molecule has 1 N–H and O–H groups in total. The molecule has 40 valence electrons. The van der Waals surface area contributed by atoms with Gasteiger partial charge in [0, 0.05) is 11.4 Å². The van der Waals surface area contributed by atoms with Crippen LogP contribution in [0.25, 0.3) is 0 Å². The molecule has 0 aromatic rings. The number of rotatable bonds is 0. The molecule has 0 aromatic carbocycles. The van der Waals surface area contributed by atoms with Gasteiger partial charge in [0.2, 0.25) is 0 Å². The number of thiol groups is 2. The van der Waals surface area contributed by atoms with Crippen molar-refractivity contribution in [2.24, 2.45) is 0 Å². The molecule has 0 fully saturated rings. The minimum absolute atomic E-state index is 0.934. The van der Waals surface area contributed by atoms with Gasteiger partial charge in [-0.1, -0.05) is 0 Å². The van der Waals surface area contributed by atoms with Gasteiger partial charge in [-0.2, -0.15) is 0 Å². The van der Waals surface area contributed by atoms with E-state index in [4.69, 9.17) is 0 Å². The third kappa shape index (κ3) is 1.07. The first-order chi connectivity index (χ1) is 3.30. The van der Waals surface area contributed by atoms with E-state index in [-0.39, 0.29) is 0 Å². The van der Waals surface area contributed by atoms with Gasteiger partial charge < -0.3 is 5.32 Å². The highest BCUT2D eigenvalue weighted by molar-refractivity contribution is 7.88. The molecule has 1 rings (SSSR count). The van der Waals surface area contributed by atoms with Gasteiger partial charge in [0.05, 0.1) is 5.03 Å². The van der Waals surface area contributed by atoms with Crippen molar-refractivity contribution in [1.29, 1.82) is 0 Å². The van der Waals surface area contributed by atoms with Gasteiger partial charge in [0.1, 0.15) is 0 Å². The Balaban J connectivity index is 2.64. The van der Waals surface area contributed by atoms with Crippen LogP contribution in [0.3, 0.4) is 0 Å². The van der Waals surface area contributed by atoms with Crippen LogP contribution in [0.2, 0.25) is 0 Å². The smallest absolute Gasteiger partial charge is 0.0745 e. The van der Waals surface area contributed by atoms with Crippen LogP contribution in [0.15, 0.2) is 9.93 Å². The van der Waals surface area contributed by atoms with Crippen LogP contribution in [-0.4, -0.2) is 6.54 Å². The summed E-state index contributed by atoms with van der Waals surface area (Å²) in [4.78, 5) is 1.07. The van der Waals surface area contributed by atoms with E-state index in [1.54, 1.807) is 0 Å². The van der Waals surface area contributed by atoms with Gasteiger partial charge in [-0.15, -0.1) is 25.3 Å². The van der Waals surface area contributed by atoms with E-state index in [2.05, 4.69) is 30.6 Å². The largest absolute Gasteiger partial charge is 0.379 e. The topological polar surface area (TPSA) is 12.0 Å². The standard InChI is InChI=1S/C4H7NS2/c6-3-1-2-5-4(3)7/h5-7H,1-2H2. The molecule has 0 saturated carbocycles. The average Bonchev–Trinajstić information content (AvgIpc) is 1.91. The summed E-state index contributed by atoms with van der Waals surface area (Å²) in [6.07, 6.45) is 1.03. The van der Waals surface area contributed by atoms with Crippen molar-refractivity contribution in [3.8, 4) is 0 Å². The first kappa shape index (κ1) is 5.38. The molecule has 1 aliphatic heterocycles. The van der Waals surface area contributed by atoms with Crippen LogP contribution in [0.1, 0.15) is 6.42 Å². The molecule has 1 nitrogen and oxygen atoms in total. The summed E-state index contributed by atoms with van der Waals surface area (Å²) in [6.45, 7) is 0.998. The fourth-order valence-corrected chi connectivity index (χ4v) is 0.934. The van der Waals surface area contributed by atoms with Crippen LogP contribution < -0.4 is 5.32 Å². The Bertz CT molecular complexity index is 96.3. The van der Waals surface area contributed by atoms with Crippen LogP contribution in [0.5, 0.6) is 0 Å². The van der Waals surface area contributed by atoms with Gasteiger partial charge in [-0.3, -0.25) is 0 Å². The van der Waals surface area contributed by atoms with Gasteiger partial charge >= 0.3 is 0 Å². The number of hydrogen-bond acceptors (Lipinski definition) is 3. The third-order valence-corrected chi connectivity index (χ3v) is 1.98. The normalized spacial score (nSPS) is 20.3. The quantitative estimate of drug-likeness (QED) is 0.419. The highest BCUT2D eigenvalue weighted by Crippen LogP contribution is 2.18. The Morgan fingerprint density at radius 1 is 1.43 bits per heavy atom. The molecule has 0 aromatic heterocycles. The maximum absolute atomic E-state index is 4.13. The van der Waals surface area contributed by atoms with Crippen molar-refractivity contribution < 1.29 is 0 Å². The highest BCUT2D eigenvalue weighted by Gasteiger charge is 2.04. The van der Waals surface area contributed by atoms with E-state index in [0.29, 0.717) is 0 Å². The Morgan fingerprint density at radius 2 is 2.14 bits per heavy atom. The second-order valence-electron chi connectivity index (χ2n) is 1.47. The zero-order chi connectivity index (χ0) is 5.28. The van der Waals surface area contributed by atoms with Crippen molar-refractivity contribution in [1.82, 2.24) is 5.32 Å². The van der Waals surface area contributed by atoms with Crippen LogP contribution in [0.4, 0.5) is 0 Å². The second-order valence-corrected chi connectivity index (χ2v) is 2.46. The molecular weight excluding hydrogens is 126 g/mol. The number of nitrogens with one attached hydrogen (secondary N) is 1.